The zero-order valence-corrected chi connectivity index (χ0v) is 8.93. The molecule has 0 saturated carbocycles. The molecule has 0 amide bonds. The lowest BCUT2D eigenvalue weighted by Gasteiger charge is -2.13. The van der Waals surface area contributed by atoms with Gasteiger partial charge in [-0.2, -0.15) is 0 Å². The van der Waals surface area contributed by atoms with Crippen LogP contribution in [0.1, 0.15) is 6.42 Å². The Hall–Kier alpha value is -1.91. The van der Waals surface area contributed by atoms with Gasteiger partial charge in [0.1, 0.15) is 11.5 Å². The van der Waals surface area contributed by atoms with Gasteiger partial charge in [-0.05, 0) is 12.1 Å². The van der Waals surface area contributed by atoms with Crippen molar-refractivity contribution in [3.63, 3.8) is 0 Å². The number of esters is 1. The first kappa shape index (κ1) is 10.6. The summed E-state index contributed by atoms with van der Waals surface area (Å²) in [6.07, 6.45) is -0.00966. The fourth-order valence-electron chi connectivity index (χ4n) is 1.48. The van der Waals surface area contributed by atoms with E-state index in [0.717, 1.165) is 0 Å². The highest BCUT2D eigenvalue weighted by Gasteiger charge is 2.28. The Kier molecular flexibility index (Phi) is 2.85. The summed E-state index contributed by atoms with van der Waals surface area (Å²) in [7, 11) is 1.55. The number of carbonyl (C=O) groups is 1. The topological polar surface area (TPSA) is 70.8 Å². The number of carbonyl (C=O) groups excluding carboxylic acids is 1. The van der Waals surface area contributed by atoms with E-state index in [9.17, 15) is 4.79 Å². The van der Waals surface area contributed by atoms with Crippen LogP contribution in [0.4, 0.5) is 5.69 Å². The Balaban J connectivity index is 2.16. The summed E-state index contributed by atoms with van der Waals surface area (Å²) in [6, 6.07) is 5.06. The molecule has 0 radical (unpaired) electrons. The van der Waals surface area contributed by atoms with Gasteiger partial charge in [0.2, 0.25) is 0 Å². The van der Waals surface area contributed by atoms with Crippen molar-refractivity contribution in [3.8, 4) is 11.5 Å². The fraction of sp³-hybridized carbons (Fsp3) is 0.364. The Morgan fingerprint density at radius 2 is 2.31 bits per heavy atom. The van der Waals surface area contributed by atoms with Crippen LogP contribution in [0, 0.1) is 0 Å². The van der Waals surface area contributed by atoms with Gasteiger partial charge in [-0.15, -0.1) is 0 Å². The SMILES string of the molecule is COc1ccc(N)c(OC2CCOC2=O)c1. The van der Waals surface area contributed by atoms with Gasteiger partial charge in [0.15, 0.2) is 6.10 Å². The lowest BCUT2D eigenvalue weighted by Crippen LogP contribution is -2.22. The average Bonchev–Trinajstić information content (AvgIpc) is 2.68. The first-order valence-electron chi connectivity index (χ1n) is 4.97. The van der Waals surface area contributed by atoms with Crippen molar-refractivity contribution >= 4 is 11.7 Å². The number of rotatable bonds is 3. The van der Waals surface area contributed by atoms with Gasteiger partial charge in [0.25, 0.3) is 0 Å². The van der Waals surface area contributed by atoms with Crippen LogP contribution < -0.4 is 15.2 Å². The van der Waals surface area contributed by atoms with Crippen LogP contribution in [-0.4, -0.2) is 25.8 Å². The number of nitrogens with two attached hydrogens (primary N) is 1. The zero-order valence-electron chi connectivity index (χ0n) is 8.93. The summed E-state index contributed by atoms with van der Waals surface area (Å²) in [4.78, 5) is 11.2. The van der Waals surface area contributed by atoms with E-state index in [-0.39, 0.29) is 5.97 Å². The zero-order chi connectivity index (χ0) is 11.5. The van der Waals surface area contributed by atoms with E-state index in [1.54, 1.807) is 25.3 Å². The van der Waals surface area contributed by atoms with Gasteiger partial charge in [-0.1, -0.05) is 0 Å². The molecule has 1 aromatic rings. The first-order chi connectivity index (χ1) is 7.70. The van der Waals surface area contributed by atoms with Crippen molar-refractivity contribution in [1.29, 1.82) is 0 Å². The molecule has 0 aromatic heterocycles. The summed E-state index contributed by atoms with van der Waals surface area (Å²) < 4.78 is 15.3. The molecule has 86 valence electrons. The number of nitrogen functional groups attached to an aromatic ring is 1. The average molecular weight is 223 g/mol. The minimum absolute atomic E-state index is 0.345. The molecular formula is C11H13NO4. The molecule has 5 nitrogen and oxygen atoms in total. The number of cyclic esters (lactones) is 1. The molecule has 1 heterocycles. The van der Waals surface area contributed by atoms with Crippen LogP contribution in [0.25, 0.3) is 0 Å². The van der Waals surface area contributed by atoms with Gasteiger partial charge < -0.3 is 19.9 Å². The standard InChI is InChI=1S/C11H13NO4/c1-14-7-2-3-8(12)10(6-7)16-9-4-5-15-11(9)13/h2-3,6,9H,4-5,12H2,1H3. The lowest BCUT2D eigenvalue weighted by molar-refractivity contribution is -0.143. The lowest BCUT2D eigenvalue weighted by atomic mass is 10.2. The van der Waals surface area contributed by atoms with Crippen molar-refractivity contribution in [2.24, 2.45) is 0 Å². The molecule has 0 bridgehead atoms. The summed E-state index contributed by atoms with van der Waals surface area (Å²) in [5.74, 6) is 0.737. The molecular weight excluding hydrogens is 210 g/mol. The van der Waals surface area contributed by atoms with Crippen LogP contribution in [0.2, 0.25) is 0 Å². The summed E-state index contributed by atoms with van der Waals surface area (Å²) in [6.45, 7) is 0.396. The van der Waals surface area contributed by atoms with Crippen LogP contribution in [-0.2, 0) is 9.53 Å². The molecule has 1 aliphatic heterocycles. The number of ether oxygens (including phenoxy) is 3. The van der Waals surface area contributed by atoms with E-state index in [0.29, 0.717) is 30.2 Å². The highest BCUT2D eigenvalue weighted by Crippen LogP contribution is 2.29. The van der Waals surface area contributed by atoms with Crippen molar-refractivity contribution in [2.45, 2.75) is 12.5 Å². The molecule has 1 saturated heterocycles. The normalized spacial score (nSPS) is 19.3. The molecule has 2 rings (SSSR count). The van der Waals surface area contributed by atoms with E-state index >= 15 is 0 Å². The Morgan fingerprint density at radius 1 is 1.50 bits per heavy atom. The molecule has 1 fully saturated rings. The molecule has 1 aliphatic rings. The molecule has 16 heavy (non-hydrogen) atoms. The van der Waals surface area contributed by atoms with Crippen LogP contribution in [0.5, 0.6) is 11.5 Å². The molecule has 0 spiro atoms. The number of hydrogen-bond donors (Lipinski definition) is 1. The molecule has 1 unspecified atom stereocenters. The maximum atomic E-state index is 11.2. The van der Waals surface area contributed by atoms with Gasteiger partial charge in [0, 0.05) is 12.5 Å². The summed E-state index contributed by atoms with van der Waals surface area (Å²) in [5.41, 5.74) is 6.21. The van der Waals surface area contributed by atoms with Gasteiger partial charge >= 0.3 is 5.97 Å². The quantitative estimate of drug-likeness (QED) is 0.610. The highest BCUT2D eigenvalue weighted by molar-refractivity contribution is 5.77. The maximum Gasteiger partial charge on any atom is 0.347 e. The minimum Gasteiger partial charge on any atom is -0.497 e. The Labute approximate surface area is 93.1 Å². The maximum absolute atomic E-state index is 11.2. The predicted molar refractivity (Wildman–Crippen MR) is 57.4 cm³/mol. The second-order valence-corrected chi connectivity index (χ2v) is 3.47. The minimum atomic E-state index is -0.561. The Morgan fingerprint density at radius 3 is 2.94 bits per heavy atom. The summed E-state index contributed by atoms with van der Waals surface area (Å²) >= 11 is 0. The second kappa shape index (κ2) is 4.30. The van der Waals surface area contributed by atoms with Gasteiger partial charge in [-0.3, -0.25) is 0 Å². The molecule has 2 N–H and O–H groups in total. The largest absolute Gasteiger partial charge is 0.497 e. The molecule has 5 heteroatoms. The molecule has 1 atom stereocenters. The van der Waals surface area contributed by atoms with Crippen LogP contribution >= 0.6 is 0 Å². The predicted octanol–water partition coefficient (Wildman–Crippen LogP) is 0.972. The number of hydrogen-bond acceptors (Lipinski definition) is 5. The molecule has 1 aromatic carbocycles. The van der Waals surface area contributed by atoms with Crippen molar-refractivity contribution in [1.82, 2.24) is 0 Å². The van der Waals surface area contributed by atoms with E-state index in [4.69, 9.17) is 19.9 Å². The van der Waals surface area contributed by atoms with Crippen LogP contribution in [0.3, 0.4) is 0 Å². The van der Waals surface area contributed by atoms with E-state index in [1.165, 1.54) is 0 Å². The third-order valence-corrected chi connectivity index (χ3v) is 2.38. The van der Waals surface area contributed by atoms with Crippen molar-refractivity contribution < 1.29 is 19.0 Å². The molecule has 0 aliphatic carbocycles. The third kappa shape index (κ3) is 2.03. The van der Waals surface area contributed by atoms with Gasteiger partial charge in [0.05, 0.1) is 19.4 Å². The monoisotopic (exact) mass is 223 g/mol. The number of anilines is 1. The highest BCUT2D eigenvalue weighted by atomic mass is 16.6. The third-order valence-electron chi connectivity index (χ3n) is 2.38. The van der Waals surface area contributed by atoms with Gasteiger partial charge in [-0.25, -0.2) is 4.79 Å². The van der Waals surface area contributed by atoms with E-state index in [2.05, 4.69) is 0 Å². The van der Waals surface area contributed by atoms with Crippen molar-refractivity contribution in [2.75, 3.05) is 19.5 Å². The van der Waals surface area contributed by atoms with Crippen LogP contribution in [0.15, 0.2) is 18.2 Å². The number of benzene rings is 1. The smallest absolute Gasteiger partial charge is 0.347 e. The van der Waals surface area contributed by atoms with E-state index < -0.39 is 6.10 Å². The first-order valence-corrected chi connectivity index (χ1v) is 4.97. The summed E-state index contributed by atoms with van der Waals surface area (Å²) in [5, 5.41) is 0. The second-order valence-electron chi connectivity index (χ2n) is 3.47. The fourth-order valence-corrected chi connectivity index (χ4v) is 1.48. The van der Waals surface area contributed by atoms with E-state index in [1.807, 2.05) is 0 Å². The Bertz CT molecular complexity index is 405. The number of methoxy groups -OCH3 is 1. The van der Waals surface area contributed by atoms with Crippen molar-refractivity contribution in [3.05, 3.63) is 18.2 Å².